The predicted octanol–water partition coefficient (Wildman–Crippen LogP) is 4.11. The van der Waals surface area contributed by atoms with Gasteiger partial charge in [0.25, 0.3) is 5.91 Å². The summed E-state index contributed by atoms with van der Waals surface area (Å²) < 4.78 is 0. The maximum absolute atomic E-state index is 12.1. The van der Waals surface area contributed by atoms with Crippen molar-refractivity contribution in [1.29, 1.82) is 0 Å². The molecule has 108 valence electrons. The molecule has 0 radical (unpaired) electrons. The van der Waals surface area contributed by atoms with E-state index in [9.17, 15) is 4.79 Å². The average Bonchev–Trinajstić information content (AvgIpc) is 2.46. The van der Waals surface area contributed by atoms with Crippen LogP contribution in [0.5, 0.6) is 0 Å². The van der Waals surface area contributed by atoms with E-state index in [-0.39, 0.29) is 5.91 Å². The van der Waals surface area contributed by atoms with Gasteiger partial charge in [0, 0.05) is 11.3 Å². The Morgan fingerprint density at radius 3 is 2.55 bits per heavy atom. The fourth-order valence-electron chi connectivity index (χ4n) is 2.54. The van der Waals surface area contributed by atoms with Crippen molar-refractivity contribution in [3.63, 3.8) is 0 Å². The predicted molar refractivity (Wildman–Crippen MR) is 83.1 cm³/mol. The monoisotopic (exact) mass is 272 g/mol. The topological polar surface area (TPSA) is 41.5 Å². The number of benzene rings is 1. The Kier molecular flexibility index (Phi) is 4.94. The van der Waals surface area contributed by atoms with Gasteiger partial charge in [0.2, 0.25) is 0 Å². The molecule has 1 unspecified atom stereocenters. The van der Waals surface area contributed by atoms with Crippen LogP contribution in [0, 0.1) is 5.92 Å². The van der Waals surface area contributed by atoms with Crippen molar-refractivity contribution in [2.75, 3.05) is 0 Å². The largest absolute Gasteiger partial charge is 0.271 e. The molecule has 2 rings (SSSR count). The number of carbonyl (C=O) groups is 1. The second kappa shape index (κ2) is 6.69. The second-order valence-electron chi connectivity index (χ2n) is 5.97. The molecule has 3 heteroatoms. The van der Waals surface area contributed by atoms with Crippen LogP contribution in [-0.4, -0.2) is 11.6 Å². The molecule has 0 aliphatic heterocycles. The normalized spacial score (nSPS) is 21.2. The Hall–Kier alpha value is -1.64. The Morgan fingerprint density at radius 1 is 1.25 bits per heavy atom. The molecule has 0 aromatic heterocycles. The number of carbonyl (C=O) groups excluding carboxylic acids is 1. The van der Waals surface area contributed by atoms with Crippen LogP contribution in [0.4, 0.5) is 0 Å². The molecular formula is C17H24N2O. The van der Waals surface area contributed by atoms with Gasteiger partial charge in [0.05, 0.1) is 0 Å². The number of rotatable bonds is 3. The first-order chi connectivity index (χ1) is 9.58. The van der Waals surface area contributed by atoms with E-state index in [1.807, 2.05) is 24.3 Å². The summed E-state index contributed by atoms with van der Waals surface area (Å²) in [4.78, 5) is 12.1. The van der Waals surface area contributed by atoms with Gasteiger partial charge in [-0.15, -0.1) is 0 Å². The van der Waals surface area contributed by atoms with Crippen LogP contribution in [0.15, 0.2) is 29.4 Å². The van der Waals surface area contributed by atoms with Crippen LogP contribution in [-0.2, 0) is 0 Å². The van der Waals surface area contributed by atoms with E-state index in [4.69, 9.17) is 0 Å². The molecule has 0 bridgehead atoms. The molecule has 1 aromatic rings. The fraction of sp³-hybridized carbons (Fsp3) is 0.529. The van der Waals surface area contributed by atoms with E-state index in [1.54, 1.807) is 0 Å². The molecule has 1 fully saturated rings. The van der Waals surface area contributed by atoms with Crippen LogP contribution in [0.2, 0.25) is 0 Å². The smallest absolute Gasteiger partial charge is 0.267 e. The number of hydrazone groups is 1. The third-order valence-corrected chi connectivity index (χ3v) is 4.03. The molecule has 0 heterocycles. The minimum absolute atomic E-state index is 0.120. The summed E-state index contributed by atoms with van der Waals surface area (Å²) in [5.41, 5.74) is 5.74. The standard InChI is InChI=1S/C17H24N2O/c1-12(2)14-8-10-15(11-9-14)17(20)19-18-16-7-5-4-6-13(16)3/h8-13H,4-7H2,1-3H3,(H,19,20)/b18-16+. The zero-order valence-electron chi connectivity index (χ0n) is 12.6. The molecule has 1 aliphatic rings. The zero-order valence-corrected chi connectivity index (χ0v) is 12.6. The van der Waals surface area contributed by atoms with Gasteiger partial charge in [-0.2, -0.15) is 5.10 Å². The molecule has 20 heavy (non-hydrogen) atoms. The van der Waals surface area contributed by atoms with Crippen molar-refractivity contribution in [2.45, 2.75) is 52.4 Å². The van der Waals surface area contributed by atoms with Crippen molar-refractivity contribution >= 4 is 11.6 Å². The lowest BCUT2D eigenvalue weighted by molar-refractivity contribution is 0.0954. The number of nitrogens with zero attached hydrogens (tertiary/aromatic N) is 1. The highest BCUT2D eigenvalue weighted by Gasteiger charge is 2.16. The minimum atomic E-state index is -0.120. The van der Waals surface area contributed by atoms with Crippen molar-refractivity contribution in [2.24, 2.45) is 11.0 Å². The summed E-state index contributed by atoms with van der Waals surface area (Å²) in [5, 5.41) is 4.32. The first-order valence-corrected chi connectivity index (χ1v) is 7.54. The van der Waals surface area contributed by atoms with Crippen molar-refractivity contribution in [3.05, 3.63) is 35.4 Å². The SMILES string of the molecule is CC1CCCC/C1=N\NC(=O)c1ccc(C(C)C)cc1. The molecule has 1 aliphatic carbocycles. The van der Waals surface area contributed by atoms with Crippen LogP contribution >= 0.6 is 0 Å². The zero-order chi connectivity index (χ0) is 14.5. The summed E-state index contributed by atoms with van der Waals surface area (Å²) in [6, 6.07) is 7.76. The molecule has 3 nitrogen and oxygen atoms in total. The van der Waals surface area contributed by atoms with Crippen LogP contribution < -0.4 is 5.43 Å². The second-order valence-corrected chi connectivity index (χ2v) is 5.97. The van der Waals surface area contributed by atoms with E-state index < -0.39 is 0 Å². The maximum atomic E-state index is 12.1. The van der Waals surface area contributed by atoms with Gasteiger partial charge < -0.3 is 0 Å². The number of nitrogens with one attached hydrogen (secondary N) is 1. The molecule has 1 N–H and O–H groups in total. The summed E-state index contributed by atoms with van der Waals surface area (Å²) in [6.45, 7) is 6.47. The average molecular weight is 272 g/mol. The van der Waals surface area contributed by atoms with Crippen LogP contribution in [0.25, 0.3) is 0 Å². The summed E-state index contributed by atoms with van der Waals surface area (Å²) in [7, 11) is 0. The number of hydrogen-bond donors (Lipinski definition) is 1. The lowest BCUT2D eigenvalue weighted by Crippen LogP contribution is -2.24. The van der Waals surface area contributed by atoms with E-state index in [0.29, 0.717) is 17.4 Å². The Morgan fingerprint density at radius 2 is 1.95 bits per heavy atom. The highest BCUT2D eigenvalue weighted by atomic mass is 16.2. The molecular weight excluding hydrogens is 248 g/mol. The first-order valence-electron chi connectivity index (χ1n) is 7.54. The lowest BCUT2D eigenvalue weighted by atomic mass is 9.89. The first kappa shape index (κ1) is 14.8. The van der Waals surface area contributed by atoms with Gasteiger partial charge in [0.15, 0.2) is 0 Å². The van der Waals surface area contributed by atoms with Gasteiger partial charge in [-0.3, -0.25) is 4.79 Å². The fourth-order valence-corrected chi connectivity index (χ4v) is 2.54. The minimum Gasteiger partial charge on any atom is -0.267 e. The third kappa shape index (κ3) is 3.69. The summed E-state index contributed by atoms with van der Waals surface area (Å²) >= 11 is 0. The molecule has 1 amide bonds. The van der Waals surface area contributed by atoms with E-state index in [1.165, 1.54) is 24.8 Å². The van der Waals surface area contributed by atoms with Crippen molar-refractivity contribution < 1.29 is 4.79 Å². The van der Waals surface area contributed by atoms with E-state index >= 15 is 0 Å². The van der Waals surface area contributed by atoms with Gasteiger partial charge in [0.1, 0.15) is 0 Å². The maximum Gasteiger partial charge on any atom is 0.271 e. The number of hydrogen-bond acceptors (Lipinski definition) is 2. The summed E-state index contributed by atoms with van der Waals surface area (Å²) in [5.74, 6) is 0.855. The Bertz CT molecular complexity index is 488. The number of amides is 1. The molecule has 0 spiro atoms. The van der Waals surface area contributed by atoms with Crippen LogP contribution in [0.3, 0.4) is 0 Å². The van der Waals surface area contributed by atoms with Crippen LogP contribution in [0.1, 0.15) is 68.3 Å². The van der Waals surface area contributed by atoms with Crippen molar-refractivity contribution in [3.8, 4) is 0 Å². The molecule has 1 saturated carbocycles. The molecule has 1 aromatic carbocycles. The van der Waals surface area contributed by atoms with E-state index in [2.05, 4.69) is 31.3 Å². The Labute approximate surface area is 121 Å². The lowest BCUT2D eigenvalue weighted by Gasteiger charge is -2.19. The molecule has 1 atom stereocenters. The van der Waals surface area contributed by atoms with Gasteiger partial charge in [-0.05, 0) is 48.8 Å². The van der Waals surface area contributed by atoms with Gasteiger partial charge in [-0.1, -0.05) is 39.3 Å². The van der Waals surface area contributed by atoms with Gasteiger partial charge >= 0.3 is 0 Å². The highest BCUT2D eigenvalue weighted by Crippen LogP contribution is 2.20. The highest BCUT2D eigenvalue weighted by molar-refractivity contribution is 5.95. The third-order valence-electron chi connectivity index (χ3n) is 4.03. The van der Waals surface area contributed by atoms with Crippen molar-refractivity contribution in [1.82, 2.24) is 5.43 Å². The summed E-state index contributed by atoms with van der Waals surface area (Å²) in [6.07, 6.45) is 4.64. The quantitative estimate of drug-likeness (QED) is 0.827. The van der Waals surface area contributed by atoms with E-state index in [0.717, 1.165) is 12.1 Å². The molecule has 0 saturated heterocycles. The Balaban J connectivity index is 1.99. The van der Waals surface area contributed by atoms with Gasteiger partial charge in [-0.25, -0.2) is 5.43 Å².